The Morgan fingerprint density at radius 3 is 2.25 bits per heavy atom. The third kappa shape index (κ3) is 3.03. The average Bonchev–Trinajstić information content (AvgIpc) is 2.15. The third-order valence-corrected chi connectivity index (χ3v) is 3.21. The van der Waals surface area contributed by atoms with Gasteiger partial charge in [-0.3, -0.25) is 0 Å². The van der Waals surface area contributed by atoms with Gasteiger partial charge in [-0.2, -0.15) is 0 Å². The Bertz CT molecular complexity index is 355. The van der Waals surface area contributed by atoms with Gasteiger partial charge in [0.25, 0.3) is 0 Å². The second kappa shape index (κ2) is 4.52. The maximum atomic E-state index is 13.4. The maximum absolute atomic E-state index is 13.4. The highest BCUT2D eigenvalue weighted by Gasteiger charge is 2.34. The molecule has 2 nitrogen and oxygen atoms in total. The van der Waals surface area contributed by atoms with Crippen molar-refractivity contribution in [3.05, 3.63) is 35.6 Å². The summed E-state index contributed by atoms with van der Waals surface area (Å²) >= 11 is 0. The molecule has 0 aromatic heterocycles. The summed E-state index contributed by atoms with van der Waals surface area (Å²) in [4.78, 5) is 0. The Labute approximate surface area is 96.5 Å². The van der Waals surface area contributed by atoms with E-state index < -0.39 is 11.1 Å². The molecule has 1 rings (SSSR count). The van der Waals surface area contributed by atoms with E-state index in [4.69, 9.17) is 0 Å². The van der Waals surface area contributed by atoms with Gasteiger partial charge < -0.3 is 10.4 Å². The van der Waals surface area contributed by atoms with E-state index in [-0.39, 0.29) is 5.82 Å². The van der Waals surface area contributed by atoms with Crippen molar-refractivity contribution >= 4 is 0 Å². The van der Waals surface area contributed by atoms with Crippen LogP contribution >= 0.6 is 0 Å². The molecule has 0 unspecified atom stereocenters. The molecule has 0 amide bonds. The highest BCUT2D eigenvalue weighted by atomic mass is 19.1. The van der Waals surface area contributed by atoms with E-state index in [0.29, 0.717) is 12.1 Å². The lowest BCUT2D eigenvalue weighted by Gasteiger charge is -2.38. The Balaban J connectivity index is 2.69. The lowest BCUT2D eigenvalue weighted by molar-refractivity contribution is -0.00543. The summed E-state index contributed by atoms with van der Waals surface area (Å²) in [5.41, 5.74) is -0.729. The summed E-state index contributed by atoms with van der Waals surface area (Å²) in [6, 6.07) is 6.65. The first-order valence-electron chi connectivity index (χ1n) is 5.45. The molecule has 0 bridgehead atoms. The van der Waals surface area contributed by atoms with Crippen LogP contribution in [0, 0.1) is 5.82 Å². The quantitative estimate of drug-likeness (QED) is 0.825. The first-order chi connectivity index (χ1) is 7.24. The van der Waals surface area contributed by atoms with Gasteiger partial charge in [-0.05, 0) is 33.8 Å². The van der Waals surface area contributed by atoms with E-state index in [0.717, 1.165) is 0 Å². The van der Waals surface area contributed by atoms with Crippen LogP contribution in [0.2, 0.25) is 0 Å². The SMILES string of the molecule is CC(C)(O)C(C)(C)NCc1ccccc1F. The molecule has 0 atom stereocenters. The van der Waals surface area contributed by atoms with Crippen LogP contribution < -0.4 is 5.32 Å². The van der Waals surface area contributed by atoms with Crippen molar-refractivity contribution in [2.45, 2.75) is 45.4 Å². The number of benzene rings is 1. The molecule has 1 aromatic carbocycles. The van der Waals surface area contributed by atoms with Crippen molar-refractivity contribution in [3.8, 4) is 0 Å². The van der Waals surface area contributed by atoms with Crippen LogP contribution in [-0.2, 0) is 6.54 Å². The predicted molar refractivity (Wildman–Crippen MR) is 63.6 cm³/mol. The number of halogens is 1. The topological polar surface area (TPSA) is 32.3 Å². The zero-order chi connectivity index (χ0) is 12.4. The molecule has 0 radical (unpaired) electrons. The minimum atomic E-state index is -0.863. The normalized spacial score (nSPS) is 12.9. The van der Waals surface area contributed by atoms with Crippen molar-refractivity contribution in [1.29, 1.82) is 0 Å². The molecule has 0 aliphatic carbocycles. The first kappa shape index (κ1) is 13.1. The Hall–Kier alpha value is -0.930. The van der Waals surface area contributed by atoms with Crippen LogP contribution in [0.5, 0.6) is 0 Å². The van der Waals surface area contributed by atoms with Gasteiger partial charge in [-0.25, -0.2) is 4.39 Å². The van der Waals surface area contributed by atoms with Gasteiger partial charge in [0.1, 0.15) is 5.82 Å². The summed E-state index contributed by atoms with van der Waals surface area (Å²) in [6.07, 6.45) is 0. The molecule has 3 heteroatoms. The number of aliphatic hydroxyl groups is 1. The van der Waals surface area contributed by atoms with E-state index in [9.17, 15) is 9.50 Å². The largest absolute Gasteiger partial charge is 0.389 e. The lowest BCUT2D eigenvalue weighted by Crippen LogP contribution is -2.55. The number of nitrogens with one attached hydrogen (secondary N) is 1. The van der Waals surface area contributed by atoms with Crippen molar-refractivity contribution in [3.63, 3.8) is 0 Å². The molecule has 0 fully saturated rings. The van der Waals surface area contributed by atoms with Crippen molar-refractivity contribution < 1.29 is 9.50 Å². The van der Waals surface area contributed by atoms with Gasteiger partial charge in [-0.1, -0.05) is 18.2 Å². The summed E-state index contributed by atoms with van der Waals surface area (Å²) in [5.74, 6) is -0.221. The molecule has 0 spiro atoms. The molecule has 16 heavy (non-hydrogen) atoms. The molecule has 0 saturated heterocycles. The molecule has 90 valence electrons. The smallest absolute Gasteiger partial charge is 0.127 e. The van der Waals surface area contributed by atoms with Gasteiger partial charge in [0.2, 0.25) is 0 Å². The molecular formula is C13H20FNO. The Kier molecular flexibility index (Phi) is 3.71. The summed E-state index contributed by atoms with van der Waals surface area (Å²) in [6.45, 7) is 7.67. The number of rotatable bonds is 4. The first-order valence-corrected chi connectivity index (χ1v) is 5.45. The van der Waals surface area contributed by atoms with E-state index in [1.165, 1.54) is 6.07 Å². The summed E-state index contributed by atoms with van der Waals surface area (Å²) in [7, 11) is 0. The van der Waals surface area contributed by atoms with Crippen LogP contribution in [-0.4, -0.2) is 16.2 Å². The lowest BCUT2D eigenvalue weighted by atomic mass is 9.86. The fourth-order valence-electron chi connectivity index (χ4n) is 1.17. The molecule has 0 heterocycles. The zero-order valence-electron chi connectivity index (χ0n) is 10.3. The fraction of sp³-hybridized carbons (Fsp3) is 0.538. The van der Waals surface area contributed by atoms with E-state index in [1.54, 1.807) is 32.0 Å². The third-order valence-electron chi connectivity index (χ3n) is 3.21. The molecule has 1 aromatic rings. The maximum Gasteiger partial charge on any atom is 0.127 e. The minimum absolute atomic E-state index is 0.221. The van der Waals surface area contributed by atoms with Crippen molar-refractivity contribution in [2.24, 2.45) is 0 Å². The van der Waals surface area contributed by atoms with E-state index >= 15 is 0 Å². The second-order valence-corrected chi connectivity index (χ2v) is 5.13. The predicted octanol–water partition coefficient (Wildman–Crippen LogP) is 2.46. The van der Waals surface area contributed by atoms with Gasteiger partial charge in [0, 0.05) is 17.6 Å². The fourth-order valence-corrected chi connectivity index (χ4v) is 1.17. The van der Waals surface area contributed by atoms with Crippen LogP contribution in [0.25, 0.3) is 0 Å². The van der Waals surface area contributed by atoms with Crippen LogP contribution in [0.1, 0.15) is 33.3 Å². The Morgan fingerprint density at radius 2 is 1.75 bits per heavy atom. The van der Waals surface area contributed by atoms with E-state index in [2.05, 4.69) is 5.32 Å². The van der Waals surface area contributed by atoms with Crippen LogP contribution in [0.4, 0.5) is 4.39 Å². The molecule has 0 aliphatic rings. The second-order valence-electron chi connectivity index (χ2n) is 5.13. The van der Waals surface area contributed by atoms with E-state index in [1.807, 2.05) is 13.8 Å². The van der Waals surface area contributed by atoms with Crippen molar-refractivity contribution in [2.75, 3.05) is 0 Å². The zero-order valence-corrected chi connectivity index (χ0v) is 10.3. The van der Waals surface area contributed by atoms with Gasteiger partial charge >= 0.3 is 0 Å². The molecule has 2 N–H and O–H groups in total. The van der Waals surface area contributed by atoms with Crippen molar-refractivity contribution in [1.82, 2.24) is 5.32 Å². The van der Waals surface area contributed by atoms with Gasteiger partial charge in [0.05, 0.1) is 5.60 Å². The average molecular weight is 225 g/mol. The van der Waals surface area contributed by atoms with Gasteiger partial charge in [-0.15, -0.1) is 0 Å². The summed E-state index contributed by atoms with van der Waals surface area (Å²) < 4.78 is 13.4. The standard InChI is InChI=1S/C13H20FNO/c1-12(2,13(3,4)16)15-9-10-7-5-6-8-11(10)14/h5-8,15-16H,9H2,1-4H3. The molecule has 0 saturated carbocycles. The minimum Gasteiger partial charge on any atom is -0.389 e. The van der Waals surface area contributed by atoms with Crippen LogP contribution in [0.3, 0.4) is 0 Å². The molecular weight excluding hydrogens is 205 g/mol. The molecule has 0 aliphatic heterocycles. The monoisotopic (exact) mass is 225 g/mol. The van der Waals surface area contributed by atoms with Gasteiger partial charge in [0.15, 0.2) is 0 Å². The van der Waals surface area contributed by atoms with Crippen LogP contribution in [0.15, 0.2) is 24.3 Å². The highest BCUT2D eigenvalue weighted by molar-refractivity contribution is 5.17. The number of hydrogen-bond acceptors (Lipinski definition) is 2. The summed E-state index contributed by atoms with van der Waals surface area (Å²) in [5, 5.41) is 13.1. The Morgan fingerprint density at radius 1 is 1.19 bits per heavy atom. The highest BCUT2D eigenvalue weighted by Crippen LogP contribution is 2.21. The number of hydrogen-bond donors (Lipinski definition) is 2.